The van der Waals surface area contributed by atoms with Crippen molar-refractivity contribution in [2.24, 2.45) is 0 Å². The lowest BCUT2D eigenvalue weighted by atomic mass is 10.1. The maximum absolute atomic E-state index is 11.8. The number of carbonyl (C=O) groups excluding carboxylic acids is 2. The third-order valence-electron chi connectivity index (χ3n) is 3.27. The fraction of sp³-hybridized carbons (Fsp3) is 0.250. The highest BCUT2D eigenvalue weighted by atomic mass is 32.2. The van der Waals surface area contributed by atoms with Crippen LogP contribution in [0.5, 0.6) is 0 Å². The van der Waals surface area contributed by atoms with Crippen molar-refractivity contribution in [2.75, 3.05) is 5.75 Å². The third-order valence-corrected chi connectivity index (χ3v) is 4.26. The molecule has 0 aliphatic rings. The fourth-order valence-corrected chi connectivity index (χ4v) is 2.60. The number of hydrazine groups is 1. The zero-order valence-corrected chi connectivity index (χ0v) is 13.5. The van der Waals surface area contributed by atoms with Gasteiger partial charge in [-0.15, -0.1) is 11.8 Å². The van der Waals surface area contributed by atoms with Crippen molar-refractivity contribution in [3.8, 4) is 0 Å². The molecule has 2 rings (SSSR count). The largest absolute Gasteiger partial charge is 0.469 e. The van der Waals surface area contributed by atoms with Gasteiger partial charge in [0, 0.05) is 4.90 Å². The summed E-state index contributed by atoms with van der Waals surface area (Å²) in [5, 5.41) is 0. The van der Waals surface area contributed by atoms with Gasteiger partial charge in [-0.3, -0.25) is 20.4 Å². The summed E-state index contributed by atoms with van der Waals surface area (Å²) < 4.78 is 5.04. The molecule has 0 bridgehead atoms. The topological polar surface area (TPSA) is 71.3 Å². The molecular formula is C16H18N2O3S. The molecule has 0 saturated heterocycles. The van der Waals surface area contributed by atoms with E-state index in [9.17, 15) is 9.59 Å². The Balaban J connectivity index is 1.79. The molecule has 0 atom stereocenters. The smallest absolute Gasteiger partial charge is 0.273 e. The predicted octanol–water partition coefficient (Wildman–Crippen LogP) is 2.76. The second-order valence-electron chi connectivity index (χ2n) is 4.93. The van der Waals surface area contributed by atoms with Crippen molar-refractivity contribution in [1.29, 1.82) is 0 Å². The van der Waals surface area contributed by atoms with Gasteiger partial charge in [0.25, 0.3) is 5.91 Å². The Hall–Kier alpha value is -2.21. The van der Waals surface area contributed by atoms with Gasteiger partial charge >= 0.3 is 0 Å². The molecule has 1 heterocycles. The molecule has 0 aliphatic carbocycles. The Kier molecular flexibility index (Phi) is 5.27. The lowest BCUT2D eigenvalue weighted by molar-refractivity contribution is -0.119. The number of benzene rings is 1. The van der Waals surface area contributed by atoms with E-state index in [4.69, 9.17) is 4.42 Å². The van der Waals surface area contributed by atoms with Crippen LogP contribution in [0, 0.1) is 20.8 Å². The second kappa shape index (κ2) is 7.17. The van der Waals surface area contributed by atoms with E-state index in [1.165, 1.54) is 29.2 Å². The van der Waals surface area contributed by atoms with Crippen molar-refractivity contribution in [3.05, 3.63) is 53.0 Å². The number of aryl methyl sites for hydroxylation is 3. The minimum absolute atomic E-state index is 0.229. The minimum Gasteiger partial charge on any atom is -0.469 e. The molecule has 2 N–H and O–H groups in total. The average Bonchev–Trinajstić information content (AvgIpc) is 2.92. The summed E-state index contributed by atoms with van der Waals surface area (Å²) in [7, 11) is 0. The first-order valence-electron chi connectivity index (χ1n) is 6.80. The molecule has 0 aliphatic heterocycles. The SMILES string of the molecule is Cc1ccc(SCC(=O)NNC(=O)c2ccoc2C)cc1C. The summed E-state index contributed by atoms with van der Waals surface area (Å²) in [6.07, 6.45) is 1.43. The Morgan fingerprint density at radius 3 is 2.50 bits per heavy atom. The van der Waals surface area contributed by atoms with Crippen molar-refractivity contribution in [3.63, 3.8) is 0 Å². The van der Waals surface area contributed by atoms with Crippen LogP contribution in [0.15, 0.2) is 39.8 Å². The van der Waals surface area contributed by atoms with Gasteiger partial charge < -0.3 is 4.42 Å². The van der Waals surface area contributed by atoms with E-state index in [0.717, 1.165) is 4.90 Å². The first-order valence-corrected chi connectivity index (χ1v) is 7.79. The van der Waals surface area contributed by atoms with Crippen LogP contribution < -0.4 is 10.9 Å². The van der Waals surface area contributed by atoms with Gasteiger partial charge in [-0.1, -0.05) is 6.07 Å². The highest BCUT2D eigenvalue weighted by molar-refractivity contribution is 8.00. The van der Waals surface area contributed by atoms with E-state index in [1.807, 2.05) is 32.0 Å². The maximum Gasteiger partial charge on any atom is 0.273 e. The summed E-state index contributed by atoms with van der Waals surface area (Å²) in [6.45, 7) is 5.77. The monoisotopic (exact) mass is 318 g/mol. The van der Waals surface area contributed by atoms with Crippen LogP contribution in [0.4, 0.5) is 0 Å². The first-order chi connectivity index (χ1) is 10.5. The Bertz CT molecular complexity index is 694. The van der Waals surface area contributed by atoms with Crippen LogP contribution >= 0.6 is 11.8 Å². The summed E-state index contributed by atoms with van der Waals surface area (Å²) in [5.74, 6) is 0.0809. The van der Waals surface area contributed by atoms with Gasteiger partial charge in [0.1, 0.15) is 5.76 Å². The molecule has 0 saturated carbocycles. The van der Waals surface area contributed by atoms with E-state index in [-0.39, 0.29) is 11.7 Å². The molecule has 2 amide bonds. The molecule has 0 fully saturated rings. The first kappa shape index (κ1) is 16.2. The van der Waals surface area contributed by atoms with Crippen LogP contribution in [0.2, 0.25) is 0 Å². The predicted molar refractivity (Wildman–Crippen MR) is 85.7 cm³/mol. The Morgan fingerprint density at radius 2 is 1.86 bits per heavy atom. The van der Waals surface area contributed by atoms with E-state index in [0.29, 0.717) is 11.3 Å². The number of furan rings is 1. The zero-order valence-electron chi connectivity index (χ0n) is 12.7. The van der Waals surface area contributed by atoms with Crippen LogP contribution in [0.1, 0.15) is 27.2 Å². The minimum atomic E-state index is -0.393. The van der Waals surface area contributed by atoms with Crippen LogP contribution in [-0.2, 0) is 4.79 Å². The second-order valence-corrected chi connectivity index (χ2v) is 5.98. The number of nitrogens with one attached hydrogen (secondary N) is 2. The van der Waals surface area contributed by atoms with Crippen LogP contribution in [-0.4, -0.2) is 17.6 Å². The molecule has 0 unspecified atom stereocenters. The van der Waals surface area contributed by atoms with E-state index in [1.54, 1.807) is 13.0 Å². The fourth-order valence-electron chi connectivity index (χ4n) is 1.80. The number of hydrogen-bond acceptors (Lipinski definition) is 4. The molecule has 2 aromatic rings. The van der Waals surface area contributed by atoms with Gasteiger partial charge in [0.15, 0.2) is 0 Å². The molecule has 5 nitrogen and oxygen atoms in total. The van der Waals surface area contributed by atoms with Gasteiger partial charge in [0.2, 0.25) is 5.91 Å². The van der Waals surface area contributed by atoms with Crippen molar-refractivity contribution < 1.29 is 14.0 Å². The normalized spacial score (nSPS) is 10.3. The summed E-state index contributed by atoms with van der Waals surface area (Å²) in [6, 6.07) is 7.61. The molecule has 22 heavy (non-hydrogen) atoms. The van der Waals surface area contributed by atoms with Gasteiger partial charge in [-0.2, -0.15) is 0 Å². The molecule has 116 valence electrons. The van der Waals surface area contributed by atoms with Crippen molar-refractivity contribution in [1.82, 2.24) is 10.9 Å². The molecular weight excluding hydrogens is 300 g/mol. The molecule has 6 heteroatoms. The summed E-state index contributed by atoms with van der Waals surface area (Å²) >= 11 is 1.42. The highest BCUT2D eigenvalue weighted by Gasteiger charge is 2.12. The quantitative estimate of drug-likeness (QED) is 0.672. The van der Waals surface area contributed by atoms with E-state index >= 15 is 0 Å². The Morgan fingerprint density at radius 1 is 1.09 bits per heavy atom. The summed E-state index contributed by atoms with van der Waals surface area (Å²) in [5.41, 5.74) is 7.58. The molecule has 0 radical (unpaired) electrons. The maximum atomic E-state index is 11.8. The van der Waals surface area contributed by atoms with Crippen molar-refractivity contribution >= 4 is 23.6 Å². The number of rotatable bonds is 4. The Labute approximate surface area is 133 Å². The highest BCUT2D eigenvalue weighted by Crippen LogP contribution is 2.20. The zero-order chi connectivity index (χ0) is 16.1. The third kappa shape index (κ3) is 4.14. The summed E-state index contributed by atoms with van der Waals surface area (Å²) in [4.78, 5) is 24.6. The van der Waals surface area contributed by atoms with Gasteiger partial charge in [-0.25, -0.2) is 0 Å². The molecule has 1 aromatic carbocycles. The standard InChI is InChI=1S/C16H18N2O3S/c1-10-4-5-13(8-11(10)2)22-9-15(19)17-18-16(20)14-6-7-21-12(14)3/h4-8H,9H2,1-3H3,(H,17,19)(H,18,20). The van der Waals surface area contributed by atoms with Crippen LogP contribution in [0.25, 0.3) is 0 Å². The number of amides is 2. The number of carbonyl (C=O) groups is 2. The van der Waals surface area contributed by atoms with Crippen LogP contribution in [0.3, 0.4) is 0 Å². The lowest BCUT2D eigenvalue weighted by Crippen LogP contribution is -2.42. The lowest BCUT2D eigenvalue weighted by Gasteiger charge is -2.07. The number of thioether (sulfide) groups is 1. The van der Waals surface area contributed by atoms with E-state index < -0.39 is 5.91 Å². The average molecular weight is 318 g/mol. The number of hydrogen-bond donors (Lipinski definition) is 2. The molecule has 1 aromatic heterocycles. The molecule has 0 spiro atoms. The van der Waals surface area contributed by atoms with Gasteiger partial charge in [-0.05, 0) is 50.1 Å². The van der Waals surface area contributed by atoms with Gasteiger partial charge in [0.05, 0.1) is 17.6 Å². The van der Waals surface area contributed by atoms with E-state index in [2.05, 4.69) is 10.9 Å². The van der Waals surface area contributed by atoms with Crippen molar-refractivity contribution in [2.45, 2.75) is 25.7 Å².